The van der Waals surface area contributed by atoms with E-state index in [9.17, 15) is 14.9 Å². The number of nitro groups is 1. The lowest BCUT2D eigenvalue weighted by molar-refractivity contribution is -0.384. The lowest BCUT2D eigenvalue weighted by atomic mass is 10.1. The highest BCUT2D eigenvalue weighted by molar-refractivity contribution is 5.92. The number of nitrogens with one attached hydrogen (secondary N) is 1. The summed E-state index contributed by atoms with van der Waals surface area (Å²) in [6.07, 6.45) is 0. The average molecular weight is 300 g/mol. The summed E-state index contributed by atoms with van der Waals surface area (Å²) in [5, 5.41) is 13.3. The van der Waals surface area contributed by atoms with Crippen molar-refractivity contribution in [1.82, 2.24) is 0 Å². The van der Waals surface area contributed by atoms with E-state index in [0.717, 1.165) is 11.1 Å². The minimum absolute atomic E-state index is 0.0757. The van der Waals surface area contributed by atoms with Gasteiger partial charge < -0.3 is 10.1 Å². The van der Waals surface area contributed by atoms with Crippen LogP contribution in [-0.4, -0.2) is 17.4 Å². The van der Waals surface area contributed by atoms with Crippen LogP contribution in [-0.2, 0) is 4.79 Å². The number of ether oxygens (including phenoxy) is 1. The molecule has 0 aromatic heterocycles. The van der Waals surface area contributed by atoms with Gasteiger partial charge in [-0.3, -0.25) is 14.9 Å². The van der Waals surface area contributed by atoms with E-state index < -0.39 is 4.92 Å². The third-order valence-electron chi connectivity index (χ3n) is 3.04. The molecule has 0 aliphatic rings. The van der Waals surface area contributed by atoms with Gasteiger partial charge in [0.15, 0.2) is 6.61 Å². The van der Waals surface area contributed by atoms with Gasteiger partial charge in [-0.25, -0.2) is 0 Å². The number of carbonyl (C=O) groups excluding carboxylic acids is 1. The molecule has 0 radical (unpaired) electrons. The van der Waals surface area contributed by atoms with Gasteiger partial charge >= 0.3 is 0 Å². The Hall–Kier alpha value is -2.89. The molecule has 0 unspecified atom stereocenters. The number of benzene rings is 2. The second-order valence-corrected chi connectivity index (χ2v) is 4.91. The predicted molar refractivity (Wildman–Crippen MR) is 83.1 cm³/mol. The standard InChI is InChI=1S/C16H16N2O4/c1-11-6-7-12(2)15(8-11)22-10-16(19)17-13-4-3-5-14(9-13)18(20)21/h3-9H,10H2,1-2H3,(H,17,19). The first kappa shape index (κ1) is 15.5. The molecule has 0 heterocycles. The van der Waals surface area contributed by atoms with Crippen molar-refractivity contribution in [2.75, 3.05) is 11.9 Å². The maximum absolute atomic E-state index is 11.9. The van der Waals surface area contributed by atoms with Crippen LogP contribution in [0, 0.1) is 24.0 Å². The van der Waals surface area contributed by atoms with Crippen molar-refractivity contribution in [3.63, 3.8) is 0 Å². The van der Waals surface area contributed by atoms with Crippen LogP contribution in [0.1, 0.15) is 11.1 Å². The van der Waals surface area contributed by atoms with Crippen molar-refractivity contribution in [3.8, 4) is 5.75 Å². The van der Waals surface area contributed by atoms with Gasteiger partial charge in [-0.05, 0) is 37.1 Å². The number of anilines is 1. The normalized spacial score (nSPS) is 10.1. The number of rotatable bonds is 5. The van der Waals surface area contributed by atoms with Gasteiger partial charge in [0.2, 0.25) is 0 Å². The van der Waals surface area contributed by atoms with Crippen LogP contribution >= 0.6 is 0 Å². The Labute approximate surface area is 127 Å². The van der Waals surface area contributed by atoms with Crippen molar-refractivity contribution in [2.45, 2.75) is 13.8 Å². The summed E-state index contributed by atoms with van der Waals surface area (Å²) in [7, 11) is 0. The molecule has 0 spiro atoms. The summed E-state index contributed by atoms with van der Waals surface area (Å²) in [5.41, 5.74) is 2.27. The Morgan fingerprint density at radius 3 is 2.73 bits per heavy atom. The van der Waals surface area contributed by atoms with Crippen LogP contribution < -0.4 is 10.1 Å². The molecule has 0 fully saturated rings. The number of amides is 1. The van der Waals surface area contributed by atoms with E-state index in [-0.39, 0.29) is 18.2 Å². The third-order valence-corrected chi connectivity index (χ3v) is 3.04. The summed E-state index contributed by atoms with van der Waals surface area (Å²) in [6.45, 7) is 3.68. The van der Waals surface area contributed by atoms with E-state index >= 15 is 0 Å². The zero-order valence-electron chi connectivity index (χ0n) is 12.3. The van der Waals surface area contributed by atoms with Gasteiger partial charge in [0.05, 0.1) is 4.92 Å². The average Bonchev–Trinajstić information content (AvgIpc) is 2.48. The van der Waals surface area contributed by atoms with E-state index in [4.69, 9.17) is 4.74 Å². The second kappa shape index (κ2) is 6.71. The Kier molecular flexibility index (Phi) is 4.73. The van der Waals surface area contributed by atoms with Gasteiger partial charge in [0, 0.05) is 17.8 Å². The Bertz CT molecular complexity index is 713. The molecule has 6 nitrogen and oxygen atoms in total. The number of aryl methyl sites for hydroxylation is 2. The fourth-order valence-electron chi connectivity index (χ4n) is 1.90. The SMILES string of the molecule is Cc1ccc(C)c(OCC(=O)Nc2cccc([N+](=O)[O-])c2)c1. The van der Waals surface area contributed by atoms with E-state index in [1.54, 1.807) is 6.07 Å². The van der Waals surface area contributed by atoms with Crippen molar-refractivity contribution in [1.29, 1.82) is 0 Å². The number of hydrogen-bond acceptors (Lipinski definition) is 4. The fourth-order valence-corrected chi connectivity index (χ4v) is 1.90. The van der Waals surface area contributed by atoms with E-state index in [1.807, 2.05) is 32.0 Å². The summed E-state index contributed by atoms with van der Waals surface area (Å²) in [4.78, 5) is 22.0. The zero-order chi connectivity index (χ0) is 16.1. The van der Waals surface area contributed by atoms with Crippen LogP contribution in [0.25, 0.3) is 0 Å². The molecule has 0 saturated heterocycles. The van der Waals surface area contributed by atoms with Crippen LogP contribution in [0.4, 0.5) is 11.4 Å². The first-order valence-electron chi connectivity index (χ1n) is 6.70. The predicted octanol–water partition coefficient (Wildman–Crippen LogP) is 3.23. The van der Waals surface area contributed by atoms with Crippen LogP contribution in [0.3, 0.4) is 0 Å². The molecule has 0 saturated carbocycles. The molecule has 1 amide bonds. The van der Waals surface area contributed by atoms with Gasteiger partial charge in [0.1, 0.15) is 5.75 Å². The minimum atomic E-state index is -0.512. The summed E-state index contributed by atoms with van der Waals surface area (Å²) >= 11 is 0. The number of hydrogen-bond donors (Lipinski definition) is 1. The van der Waals surface area contributed by atoms with Crippen molar-refractivity contribution in [3.05, 3.63) is 63.7 Å². The van der Waals surface area contributed by atoms with Crippen molar-refractivity contribution in [2.24, 2.45) is 0 Å². The molecular weight excluding hydrogens is 284 g/mol. The second-order valence-electron chi connectivity index (χ2n) is 4.91. The summed E-state index contributed by atoms with van der Waals surface area (Å²) in [5.74, 6) is 0.274. The summed E-state index contributed by atoms with van der Waals surface area (Å²) < 4.78 is 5.48. The first-order valence-corrected chi connectivity index (χ1v) is 6.70. The number of nitro benzene ring substituents is 1. The highest BCUT2D eigenvalue weighted by Crippen LogP contribution is 2.20. The van der Waals surface area contributed by atoms with Crippen molar-refractivity contribution >= 4 is 17.3 Å². The fraction of sp³-hybridized carbons (Fsp3) is 0.188. The van der Waals surface area contributed by atoms with Gasteiger partial charge in [-0.2, -0.15) is 0 Å². The number of non-ortho nitro benzene ring substituents is 1. The molecule has 2 aromatic carbocycles. The van der Waals surface area contributed by atoms with E-state index in [0.29, 0.717) is 11.4 Å². The molecule has 0 atom stereocenters. The quantitative estimate of drug-likeness (QED) is 0.679. The molecule has 1 N–H and O–H groups in total. The Morgan fingerprint density at radius 1 is 1.23 bits per heavy atom. The van der Waals surface area contributed by atoms with Gasteiger partial charge in [-0.15, -0.1) is 0 Å². The van der Waals surface area contributed by atoms with E-state index in [2.05, 4.69) is 5.32 Å². The number of nitrogens with zero attached hydrogens (tertiary/aromatic N) is 1. The zero-order valence-corrected chi connectivity index (χ0v) is 12.3. The first-order chi connectivity index (χ1) is 10.5. The van der Waals surface area contributed by atoms with Crippen LogP contribution in [0.2, 0.25) is 0 Å². The smallest absolute Gasteiger partial charge is 0.271 e. The molecule has 0 aliphatic heterocycles. The molecule has 114 valence electrons. The highest BCUT2D eigenvalue weighted by Gasteiger charge is 2.09. The number of carbonyl (C=O) groups is 1. The summed E-state index contributed by atoms with van der Waals surface area (Å²) in [6, 6.07) is 11.5. The molecule has 22 heavy (non-hydrogen) atoms. The lowest BCUT2D eigenvalue weighted by Crippen LogP contribution is -2.20. The molecule has 2 rings (SSSR count). The van der Waals surface area contributed by atoms with Crippen LogP contribution in [0.5, 0.6) is 5.75 Å². The maximum atomic E-state index is 11.9. The van der Waals surface area contributed by atoms with Gasteiger partial charge in [-0.1, -0.05) is 18.2 Å². The molecular formula is C16H16N2O4. The molecule has 2 aromatic rings. The molecule has 0 aliphatic carbocycles. The monoisotopic (exact) mass is 300 g/mol. The van der Waals surface area contributed by atoms with Crippen LogP contribution in [0.15, 0.2) is 42.5 Å². The molecule has 6 heteroatoms. The molecule has 0 bridgehead atoms. The maximum Gasteiger partial charge on any atom is 0.271 e. The third kappa shape index (κ3) is 4.05. The highest BCUT2D eigenvalue weighted by atomic mass is 16.6. The lowest BCUT2D eigenvalue weighted by Gasteiger charge is -2.10. The van der Waals surface area contributed by atoms with E-state index in [1.165, 1.54) is 18.2 Å². The largest absolute Gasteiger partial charge is 0.483 e. The minimum Gasteiger partial charge on any atom is -0.483 e. The Balaban J connectivity index is 1.97. The Morgan fingerprint density at radius 2 is 2.00 bits per heavy atom. The van der Waals surface area contributed by atoms with Crippen molar-refractivity contribution < 1.29 is 14.5 Å². The van der Waals surface area contributed by atoms with Gasteiger partial charge in [0.25, 0.3) is 11.6 Å². The topological polar surface area (TPSA) is 81.5 Å².